The average Bonchev–Trinajstić information content (AvgIpc) is 2.83. The molecule has 0 aliphatic heterocycles. The molecule has 1 aromatic carbocycles. The molecule has 0 fully saturated rings. The number of anilines is 1. The van der Waals surface area contributed by atoms with Crippen molar-refractivity contribution in [3.63, 3.8) is 0 Å². The van der Waals surface area contributed by atoms with Gasteiger partial charge in [0, 0.05) is 23.1 Å². The van der Waals surface area contributed by atoms with E-state index in [0.717, 1.165) is 27.7 Å². The topological polar surface area (TPSA) is 42.2 Å². The Morgan fingerprint density at radius 2 is 1.91 bits per heavy atom. The molecule has 0 bridgehead atoms. The first kappa shape index (κ1) is 15.3. The molecule has 116 valence electrons. The summed E-state index contributed by atoms with van der Waals surface area (Å²) in [7, 11) is 0. The molecule has 0 radical (unpaired) electrons. The smallest absolute Gasteiger partial charge is 0.146 e. The summed E-state index contributed by atoms with van der Waals surface area (Å²) in [6.45, 7) is 4.11. The van der Waals surface area contributed by atoms with Crippen LogP contribution in [-0.4, -0.2) is 15.8 Å². The molecule has 4 nitrogen and oxygen atoms in total. The number of nitrogens with zero attached hydrogens (tertiary/aromatic N) is 3. The fourth-order valence-corrected chi connectivity index (χ4v) is 2.74. The normalized spacial score (nSPS) is 11.1. The Hall–Kier alpha value is -2.59. The van der Waals surface area contributed by atoms with Crippen molar-refractivity contribution in [2.24, 2.45) is 5.10 Å². The number of rotatable bonds is 4. The fraction of sp³-hybridized carbons (Fsp3) is 0.111. The Morgan fingerprint density at radius 1 is 1.13 bits per heavy atom. The van der Waals surface area contributed by atoms with Gasteiger partial charge in [-0.1, -0.05) is 29.8 Å². The van der Waals surface area contributed by atoms with Gasteiger partial charge in [0.05, 0.1) is 16.9 Å². The molecular weight excluding hydrogens is 308 g/mol. The third-order valence-corrected chi connectivity index (χ3v) is 3.93. The number of para-hydroxylation sites is 1. The summed E-state index contributed by atoms with van der Waals surface area (Å²) in [5.74, 6) is 0.712. The predicted octanol–water partition coefficient (Wildman–Crippen LogP) is 4.59. The molecule has 2 heterocycles. The first-order chi connectivity index (χ1) is 11.2. The molecule has 5 heteroatoms. The minimum absolute atomic E-state index is 0.712. The van der Waals surface area contributed by atoms with Crippen LogP contribution in [0.15, 0.2) is 59.8 Å². The van der Waals surface area contributed by atoms with E-state index < -0.39 is 0 Å². The van der Waals surface area contributed by atoms with E-state index >= 15 is 0 Å². The van der Waals surface area contributed by atoms with E-state index in [1.807, 2.05) is 42.5 Å². The Morgan fingerprint density at radius 3 is 2.65 bits per heavy atom. The lowest BCUT2D eigenvalue weighted by molar-refractivity contribution is 0.965. The van der Waals surface area contributed by atoms with Gasteiger partial charge in [-0.05, 0) is 44.2 Å². The van der Waals surface area contributed by atoms with Gasteiger partial charge in [-0.15, -0.1) is 0 Å². The van der Waals surface area contributed by atoms with Crippen LogP contribution in [0.25, 0.3) is 5.69 Å². The van der Waals surface area contributed by atoms with E-state index in [-0.39, 0.29) is 0 Å². The number of hydrazone groups is 1. The Bertz CT molecular complexity index is 837. The zero-order valence-electron chi connectivity index (χ0n) is 13.0. The zero-order valence-corrected chi connectivity index (χ0v) is 13.7. The van der Waals surface area contributed by atoms with Gasteiger partial charge in [-0.25, -0.2) is 4.98 Å². The van der Waals surface area contributed by atoms with Gasteiger partial charge >= 0.3 is 0 Å². The molecular formula is C18H17ClN4. The van der Waals surface area contributed by atoms with Crippen LogP contribution in [0.5, 0.6) is 0 Å². The SMILES string of the molecule is Cc1cc(/C=N/Nc2ccccn2)c(C)n1-c1ccccc1Cl. The van der Waals surface area contributed by atoms with Crippen LogP contribution in [0, 0.1) is 13.8 Å². The maximum absolute atomic E-state index is 6.32. The Kier molecular flexibility index (Phi) is 4.44. The highest BCUT2D eigenvalue weighted by atomic mass is 35.5. The van der Waals surface area contributed by atoms with Crippen LogP contribution in [0.1, 0.15) is 17.0 Å². The van der Waals surface area contributed by atoms with Crippen LogP contribution in [0.3, 0.4) is 0 Å². The Balaban J connectivity index is 1.88. The van der Waals surface area contributed by atoms with Crippen molar-refractivity contribution in [3.8, 4) is 5.69 Å². The molecule has 0 unspecified atom stereocenters. The van der Waals surface area contributed by atoms with Gasteiger partial charge in [0.15, 0.2) is 0 Å². The van der Waals surface area contributed by atoms with E-state index in [0.29, 0.717) is 5.82 Å². The van der Waals surface area contributed by atoms with Crippen molar-refractivity contribution in [1.29, 1.82) is 0 Å². The van der Waals surface area contributed by atoms with Crippen LogP contribution in [0.4, 0.5) is 5.82 Å². The molecule has 0 saturated carbocycles. The molecule has 0 saturated heterocycles. The molecule has 0 atom stereocenters. The largest absolute Gasteiger partial charge is 0.316 e. The highest BCUT2D eigenvalue weighted by molar-refractivity contribution is 6.32. The van der Waals surface area contributed by atoms with Crippen LogP contribution in [-0.2, 0) is 0 Å². The standard InChI is InChI=1S/C18H17ClN4/c1-13-11-15(12-21-22-18-9-5-6-10-20-18)14(2)23(13)17-8-4-3-7-16(17)19/h3-12H,1-2H3,(H,20,22)/b21-12+. The van der Waals surface area contributed by atoms with Crippen molar-refractivity contribution in [3.05, 3.63) is 76.7 Å². The van der Waals surface area contributed by atoms with Crippen LogP contribution < -0.4 is 5.43 Å². The minimum atomic E-state index is 0.712. The lowest BCUT2D eigenvalue weighted by Gasteiger charge is -2.11. The highest BCUT2D eigenvalue weighted by Crippen LogP contribution is 2.25. The van der Waals surface area contributed by atoms with Gasteiger partial charge in [-0.3, -0.25) is 5.43 Å². The highest BCUT2D eigenvalue weighted by Gasteiger charge is 2.11. The van der Waals surface area contributed by atoms with Crippen molar-refractivity contribution in [1.82, 2.24) is 9.55 Å². The maximum Gasteiger partial charge on any atom is 0.146 e. The summed E-state index contributed by atoms with van der Waals surface area (Å²) in [4.78, 5) is 4.17. The molecule has 0 amide bonds. The molecule has 2 aromatic heterocycles. The second-order valence-corrected chi connectivity index (χ2v) is 5.61. The summed E-state index contributed by atoms with van der Waals surface area (Å²) in [5.41, 5.74) is 7.12. The van der Waals surface area contributed by atoms with Gasteiger partial charge in [-0.2, -0.15) is 5.10 Å². The number of aryl methyl sites for hydroxylation is 1. The summed E-state index contributed by atoms with van der Waals surface area (Å²) in [6, 6.07) is 15.5. The van der Waals surface area contributed by atoms with E-state index in [9.17, 15) is 0 Å². The van der Waals surface area contributed by atoms with Gasteiger partial charge in [0.1, 0.15) is 5.82 Å². The number of halogens is 1. The summed E-state index contributed by atoms with van der Waals surface area (Å²) < 4.78 is 2.13. The van der Waals surface area contributed by atoms with Crippen molar-refractivity contribution in [2.75, 3.05) is 5.43 Å². The van der Waals surface area contributed by atoms with Crippen molar-refractivity contribution >= 4 is 23.6 Å². The minimum Gasteiger partial charge on any atom is -0.316 e. The molecule has 1 N–H and O–H groups in total. The molecule has 0 spiro atoms. The lowest BCUT2D eigenvalue weighted by Crippen LogP contribution is -2.00. The monoisotopic (exact) mass is 324 g/mol. The van der Waals surface area contributed by atoms with E-state index in [1.54, 1.807) is 12.4 Å². The van der Waals surface area contributed by atoms with Crippen molar-refractivity contribution in [2.45, 2.75) is 13.8 Å². The zero-order chi connectivity index (χ0) is 16.2. The Labute approximate surface area is 140 Å². The maximum atomic E-state index is 6.32. The first-order valence-corrected chi connectivity index (χ1v) is 7.68. The first-order valence-electron chi connectivity index (χ1n) is 7.31. The second-order valence-electron chi connectivity index (χ2n) is 5.20. The van der Waals surface area contributed by atoms with Crippen LogP contribution in [0.2, 0.25) is 5.02 Å². The predicted molar refractivity (Wildman–Crippen MR) is 95.7 cm³/mol. The number of nitrogens with one attached hydrogen (secondary N) is 1. The number of benzene rings is 1. The number of aromatic nitrogens is 2. The molecule has 23 heavy (non-hydrogen) atoms. The fourth-order valence-electron chi connectivity index (χ4n) is 2.52. The summed E-state index contributed by atoms with van der Waals surface area (Å²) >= 11 is 6.32. The number of hydrogen-bond acceptors (Lipinski definition) is 3. The van der Waals surface area contributed by atoms with E-state index in [2.05, 4.69) is 40.0 Å². The quantitative estimate of drug-likeness (QED) is 0.563. The van der Waals surface area contributed by atoms with E-state index in [1.165, 1.54) is 0 Å². The number of hydrogen-bond donors (Lipinski definition) is 1. The number of pyridine rings is 1. The molecule has 0 aliphatic rings. The third kappa shape index (κ3) is 3.27. The third-order valence-electron chi connectivity index (χ3n) is 3.61. The second kappa shape index (κ2) is 6.67. The van der Waals surface area contributed by atoms with Gasteiger partial charge in [0.2, 0.25) is 0 Å². The van der Waals surface area contributed by atoms with Gasteiger partial charge < -0.3 is 4.57 Å². The van der Waals surface area contributed by atoms with Crippen molar-refractivity contribution < 1.29 is 0 Å². The molecule has 0 aliphatic carbocycles. The van der Waals surface area contributed by atoms with Crippen LogP contribution >= 0.6 is 11.6 Å². The molecule has 3 rings (SSSR count). The van der Waals surface area contributed by atoms with Gasteiger partial charge in [0.25, 0.3) is 0 Å². The molecule has 3 aromatic rings. The van der Waals surface area contributed by atoms with E-state index in [4.69, 9.17) is 11.6 Å². The lowest BCUT2D eigenvalue weighted by atomic mass is 10.2. The summed E-state index contributed by atoms with van der Waals surface area (Å²) in [6.07, 6.45) is 3.52. The average molecular weight is 325 g/mol. The summed E-state index contributed by atoms with van der Waals surface area (Å²) in [5, 5.41) is 4.99.